The van der Waals surface area contributed by atoms with E-state index in [1.54, 1.807) is 0 Å². The number of nitrogens with zero attached hydrogens (tertiary/aromatic N) is 1. The van der Waals surface area contributed by atoms with Crippen molar-refractivity contribution in [1.82, 2.24) is 5.43 Å². The maximum absolute atomic E-state index is 11.9. The Kier molecular flexibility index (Phi) is 5.70. The molecule has 7 heteroatoms. The molecule has 1 aliphatic rings. The van der Waals surface area contributed by atoms with Crippen molar-refractivity contribution in [2.75, 3.05) is 13.2 Å². The standard InChI is InChI=1S/C10H18F3N3O/c11-10(12,13)7-17-6-9(16-14)15-8-4-2-1-3-5-8/h8H,1-7,14H2,(H,15,16). The lowest BCUT2D eigenvalue weighted by Crippen LogP contribution is -2.36. The molecule has 1 aliphatic carbocycles. The number of ether oxygens (including phenoxy) is 1. The van der Waals surface area contributed by atoms with Crippen LogP contribution in [0.3, 0.4) is 0 Å². The molecule has 0 aromatic heterocycles. The molecule has 4 nitrogen and oxygen atoms in total. The molecular formula is C10H18F3N3O. The SMILES string of the molecule is NNC(COCC(F)(F)F)=NC1CCCCC1. The Labute approximate surface area is 98.4 Å². The van der Waals surface area contributed by atoms with Crippen LogP contribution in [-0.2, 0) is 4.74 Å². The van der Waals surface area contributed by atoms with E-state index in [-0.39, 0.29) is 18.5 Å². The molecule has 1 saturated carbocycles. The van der Waals surface area contributed by atoms with Crippen molar-refractivity contribution in [1.29, 1.82) is 0 Å². The van der Waals surface area contributed by atoms with E-state index >= 15 is 0 Å². The van der Waals surface area contributed by atoms with E-state index < -0.39 is 12.8 Å². The van der Waals surface area contributed by atoms with E-state index in [9.17, 15) is 13.2 Å². The van der Waals surface area contributed by atoms with E-state index in [4.69, 9.17) is 5.84 Å². The topological polar surface area (TPSA) is 59.6 Å². The Morgan fingerprint density at radius 3 is 2.47 bits per heavy atom. The van der Waals surface area contributed by atoms with Gasteiger partial charge in [-0.2, -0.15) is 13.2 Å². The van der Waals surface area contributed by atoms with Gasteiger partial charge in [-0.05, 0) is 12.8 Å². The summed E-state index contributed by atoms with van der Waals surface area (Å²) in [6, 6.07) is 0.157. The minimum absolute atomic E-state index is 0.157. The predicted octanol–water partition coefficient (Wildman–Crippen LogP) is 1.76. The molecule has 1 fully saturated rings. The minimum atomic E-state index is -4.31. The molecule has 0 saturated heterocycles. The fourth-order valence-electron chi connectivity index (χ4n) is 1.81. The molecule has 0 spiro atoms. The number of hydrazine groups is 1. The van der Waals surface area contributed by atoms with Crippen molar-refractivity contribution < 1.29 is 17.9 Å². The number of halogens is 3. The van der Waals surface area contributed by atoms with Gasteiger partial charge in [-0.1, -0.05) is 19.3 Å². The molecule has 0 aromatic rings. The van der Waals surface area contributed by atoms with E-state index in [1.165, 1.54) is 6.42 Å². The predicted molar refractivity (Wildman–Crippen MR) is 58.5 cm³/mol. The first kappa shape index (κ1) is 14.2. The third kappa shape index (κ3) is 6.48. The number of amidine groups is 1. The fraction of sp³-hybridized carbons (Fsp3) is 0.900. The molecule has 0 amide bonds. The molecule has 100 valence electrons. The number of nitrogens with two attached hydrogens (primary N) is 1. The van der Waals surface area contributed by atoms with Gasteiger partial charge in [-0.25, -0.2) is 5.84 Å². The summed E-state index contributed by atoms with van der Waals surface area (Å²) in [6.45, 7) is -1.51. The third-order valence-corrected chi connectivity index (χ3v) is 2.58. The first-order valence-electron chi connectivity index (χ1n) is 5.69. The molecule has 0 atom stereocenters. The van der Waals surface area contributed by atoms with Gasteiger partial charge in [0.2, 0.25) is 0 Å². The van der Waals surface area contributed by atoms with Gasteiger partial charge >= 0.3 is 6.18 Å². The van der Waals surface area contributed by atoms with Crippen LogP contribution in [0.2, 0.25) is 0 Å². The van der Waals surface area contributed by atoms with Crippen molar-refractivity contribution in [2.24, 2.45) is 10.8 Å². The van der Waals surface area contributed by atoms with Crippen LogP contribution in [0.5, 0.6) is 0 Å². The highest BCUT2D eigenvalue weighted by Gasteiger charge is 2.27. The summed E-state index contributed by atoms with van der Waals surface area (Å²) in [7, 11) is 0. The van der Waals surface area contributed by atoms with Crippen LogP contribution in [0.25, 0.3) is 0 Å². The number of aliphatic imine (C=N–C) groups is 1. The Bertz CT molecular complexity index is 250. The second-order valence-corrected chi connectivity index (χ2v) is 4.12. The Balaban J connectivity index is 2.33. The van der Waals surface area contributed by atoms with Crippen molar-refractivity contribution >= 4 is 5.84 Å². The monoisotopic (exact) mass is 253 g/mol. The van der Waals surface area contributed by atoms with Gasteiger partial charge in [0, 0.05) is 0 Å². The molecule has 17 heavy (non-hydrogen) atoms. The van der Waals surface area contributed by atoms with Gasteiger partial charge in [-0.15, -0.1) is 0 Å². The van der Waals surface area contributed by atoms with Gasteiger partial charge in [-0.3, -0.25) is 4.99 Å². The molecule has 0 aromatic carbocycles. The zero-order chi connectivity index (χ0) is 12.7. The van der Waals surface area contributed by atoms with Crippen molar-refractivity contribution in [3.05, 3.63) is 0 Å². The van der Waals surface area contributed by atoms with E-state index in [2.05, 4.69) is 15.2 Å². The highest BCUT2D eigenvalue weighted by molar-refractivity contribution is 5.83. The largest absolute Gasteiger partial charge is 0.411 e. The van der Waals surface area contributed by atoms with Gasteiger partial charge in [0.15, 0.2) is 0 Å². The summed E-state index contributed by atoms with van der Waals surface area (Å²) < 4.78 is 40.1. The van der Waals surface area contributed by atoms with Crippen molar-refractivity contribution in [3.8, 4) is 0 Å². The molecule has 0 bridgehead atoms. The lowest BCUT2D eigenvalue weighted by atomic mass is 9.96. The van der Waals surface area contributed by atoms with Crippen molar-refractivity contribution in [2.45, 2.75) is 44.3 Å². The summed E-state index contributed by atoms with van der Waals surface area (Å²) in [5, 5.41) is 0. The Hall–Kier alpha value is -0.820. The molecule has 1 rings (SSSR count). The minimum Gasteiger partial charge on any atom is -0.364 e. The van der Waals surface area contributed by atoms with Crippen LogP contribution in [0.15, 0.2) is 4.99 Å². The second-order valence-electron chi connectivity index (χ2n) is 4.12. The maximum Gasteiger partial charge on any atom is 0.411 e. The smallest absolute Gasteiger partial charge is 0.364 e. The summed E-state index contributed by atoms with van der Waals surface area (Å²) in [4.78, 5) is 4.26. The number of hydrogen-bond acceptors (Lipinski definition) is 3. The molecule has 3 N–H and O–H groups in total. The molecule has 0 radical (unpaired) electrons. The zero-order valence-electron chi connectivity index (χ0n) is 9.59. The molecule has 0 aliphatic heterocycles. The van der Waals surface area contributed by atoms with Crippen molar-refractivity contribution in [3.63, 3.8) is 0 Å². The Morgan fingerprint density at radius 1 is 1.29 bits per heavy atom. The van der Waals surface area contributed by atoms with E-state index in [0.717, 1.165) is 25.7 Å². The second kappa shape index (κ2) is 6.80. The lowest BCUT2D eigenvalue weighted by molar-refractivity contribution is -0.170. The summed E-state index contributed by atoms with van der Waals surface area (Å²) in [6.07, 6.45) is 1.02. The van der Waals surface area contributed by atoms with E-state index in [0.29, 0.717) is 0 Å². The van der Waals surface area contributed by atoms with Gasteiger partial charge < -0.3 is 10.2 Å². The highest BCUT2D eigenvalue weighted by Crippen LogP contribution is 2.20. The average molecular weight is 253 g/mol. The van der Waals surface area contributed by atoms with Crippen LogP contribution in [-0.4, -0.2) is 31.3 Å². The first-order valence-corrected chi connectivity index (χ1v) is 5.69. The van der Waals surface area contributed by atoms with E-state index in [1.807, 2.05) is 0 Å². The van der Waals surface area contributed by atoms with Gasteiger partial charge in [0.05, 0.1) is 6.04 Å². The number of hydrogen-bond donors (Lipinski definition) is 2. The van der Waals surface area contributed by atoms with Gasteiger partial charge in [0.1, 0.15) is 19.0 Å². The van der Waals surface area contributed by atoms with Crippen LogP contribution >= 0.6 is 0 Å². The van der Waals surface area contributed by atoms with Crippen LogP contribution in [0.4, 0.5) is 13.2 Å². The third-order valence-electron chi connectivity index (χ3n) is 2.58. The normalized spacial score (nSPS) is 19.4. The first-order chi connectivity index (χ1) is 8.01. The number of rotatable bonds is 4. The quantitative estimate of drug-likeness (QED) is 0.347. The average Bonchev–Trinajstić information content (AvgIpc) is 2.27. The summed E-state index contributed by atoms with van der Waals surface area (Å²) >= 11 is 0. The maximum atomic E-state index is 11.9. The lowest BCUT2D eigenvalue weighted by Gasteiger charge is -2.19. The zero-order valence-corrected chi connectivity index (χ0v) is 9.59. The van der Waals surface area contributed by atoms with Crippen LogP contribution < -0.4 is 11.3 Å². The molecular weight excluding hydrogens is 235 g/mol. The number of nitrogens with one attached hydrogen (secondary N) is 1. The molecule has 0 unspecified atom stereocenters. The van der Waals surface area contributed by atoms with Gasteiger partial charge in [0.25, 0.3) is 0 Å². The fourth-order valence-corrected chi connectivity index (χ4v) is 1.81. The molecule has 0 heterocycles. The summed E-state index contributed by atoms with van der Waals surface area (Å²) in [5.74, 6) is 5.48. The van der Waals surface area contributed by atoms with Crippen LogP contribution in [0, 0.1) is 0 Å². The van der Waals surface area contributed by atoms with Crippen LogP contribution in [0.1, 0.15) is 32.1 Å². The summed E-state index contributed by atoms with van der Waals surface area (Å²) in [5.41, 5.74) is 2.29. The Morgan fingerprint density at radius 2 is 1.94 bits per heavy atom. The number of alkyl halides is 3. The highest BCUT2D eigenvalue weighted by atomic mass is 19.4.